The normalized spacial score (nSPS) is 16.0. The third-order valence-corrected chi connectivity index (χ3v) is 4.76. The van der Waals surface area contributed by atoms with Crippen LogP contribution in [0.2, 0.25) is 0 Å². The first-order valence-electron chi connectivity index (χ1n) is 8.77. The van der Waals surface area contributed by atoms with Crippen LogP contribution in [-0.2, 0) is 10.7 Å². The van der Waals surface area contributed by atoms with E-state index in [9.17, 15) is 31.5 Å². The standard InChI is InChI=1S/C20H17F5N2O3/c1-18(2)14(10-26-11-28)17(27-8-4-3-5-16(27)29)13-9-12(6-7-15(13)30-18)19(21,22)20(23,24)25/h3-9,11H,10H2,1-2H3,(H,26,28). The zero-order chi connectivity index (χ0) is 22.3. The van der Waals surface area contributed by atoms with Crippen molar-refractivity contribution in [2.45, 2.75) is 31.5 Å². The third kappa shape index (κ3) is 3.57. The number of benzene rings is 1. The number of alkyl halides is 5. The van der Waals surface area contributed by atoms with Crippen molar-refractivity contribution in [3.05, 3.63) is 69.6 Å². The zero-order valence-electron chi connectivity index (χ0n) is 15.9. The number of carbonyl (C=O) groups is 1. The van der Waals surface area contributed by atoms with Gasteiger partial charge in [0.1, 0.15) is 11.4 Å². The molecule has 0 radical (unpaired) electrons. The first-order valence-corrected chi connectivity index (χ1v) is 8.77. The van der Waals surface area contributed by atoms with Gasteiger partial charge < -0.3 is 10.1 Å². The van der Waals surface area contributed by atoms with Crippen molar-refractivity contribution in [1.29, 1.82) is 0 Å². The van der Waals surface area contributed by atoms with Gasteiger partial charge in [0.15, 0.2) is 0 Å². The van der Waals surface area contributed by atoms with Crippen LogP contribution >= 0.6 is 0 Å². The van der Waals surface area contributed by atoms with E-state index in [0.29, 0.717) is 24.1 Å². The van der Waals surface area contributed by atoms with Gasteiger partial charge in [-0.05, 0) is 38.1 Å². The molecular formula is C20H17F5N2O3. The van der Waals surface area contributed by atoms with Crippen molar-refractivity contribution in [3.63, 3.8) is 0 Å². The summed E-state index contributed by atoms with van der Waals surface area (Å²) in [6.45, 7) is 3.14. The lowest BCUT2D eigenvalue weighted by atomic mass is 9.88. The summed E-state index contributed by atoms with van der Waals surface area (Å²) in [5.74, 6) is -5.08. The topological polar surface area (TPSA) is 60.3 Å². The molecule has 0 atom stereocenters. The number of fused-ring (bicyclic) bond motifs is 1. The Hall–Kier alpha value is -3.17. The van der Waals surface area contributed by atoms with Gasteiger partial charge in [0.25, 0.3) is 5.56 Å². The lowest BCUT2D eigenvalue weighted by Gasteiger charge is -2.37. The minimum Gasteiger partial charge on any atom is -0.483 e. The van der Waals surface area contributed by atoms with Crippen LogP contribution in [-0.4, -0.2) is 29.3 Å². The number of ether oxygens (including phenoxy) is 1. The number of pyridine rings is 1. The van der Waals surface area contributed by atoms with Gasteiger partial charge in [-0.2, -0.15) is 22.0 Å². The fourth-order valence-electron chi connectivity index (χ4n) is 3.27. The van der Waals surface area contributed by atoms with E-state index in [1.54, 1.807) is 13.8 Å². The molecule has 0 unspecified atom stereocenters. The van der Waals surface area contributed by atoms with Crippen LogP contribution < -0.4 is 15.6 Å². The van der Waals surface area contributed by atoms with E-state index in [0.717, 1.165) is 10.6 Å². The molecule has 30 heavy (non-hydrogen) atoms. The maximum atomic E-state index is 14.0. The molecule has 0 bridgehead atoms. The smallest absolute Gasteiger partial charge is 0.458 e. The maximum Gasteiger partial charge on any atom is 0.458 e. The van der Waals surface area contributed by atoms with Crippen molar-refractivity contribution >= 4 is 12.1 Å². The summed E-state index contributed by atoms with van der Waals surface area (Å²) in [5.41, 5.74) is -2.65. The minimum atomic E-state index is -5.80. The molecule has 1 aliphatic rings. The number of rotatable bonds is 5. The van der Waals surface area contributed by atoms with Gasteiger partial charge in [0, 0.05) is 35.5 Å². The van der Waals surface area contributed by atoms with E-state index in [2.05, 4.69) is 5.32 Å². The van der Waals surface area contributed by atoms with Gasteiger partial charge in [0.2, 0.25) is 6.41 Å². The van der Waals surface area contributed by atoms with Crippen LogP contribution in [0.3, 0.4) is 0 Å². The van der Waals surface area contributed by atoms with E-state index < -0.39 is 28.8 Å². The third-order valence-electron chi connectivity index (χ3n) is 4.76. The Morgan fingerprint density at radius 3 is 2.43 bits per heavy atom. The summed E-state index contributed by atoms with van der Waals surface area (Å²) in [4.78, 5) is 23.3. The minimum absolute atomic E-state index is 0.0299. The first-order chi connectivity index (χ1) is 13.9. The molecule has 1 N–H and O–H groups in total. The molecule has 3 rings (SSSR count). The number of nitrogens with zero attached hydrogens (tertiary/aromatic N) is 1. The van der Waals surface area contributed by atoms with Crippen LogP contribution in [0, 0.1) is 0 Å². The molecule has 1 aromatic carbocycles. The molecule has 0 spiro atoms. The average Bonchev–Trinajstić information content (AvgIpc) is 2.65. The second-order valence-corrected chi connectivity index (χ2v) is 7.13. The number of aromatic nitrogens is 1. The van der Waals surface area contributed by atoms with E-state index in [1.165, 1.54) is 24.4 Å². The van der Waals surface area contributed by atoms with Gasteiger partial charge in [-0.15, -0.1) is 0 Å². The summed E-state index contributed by atoms with van der Waals surface area (Å²) in [5, 5.41) is 2.43. The van der Waals surface area contributed by atoms with Crippen LogP contribution in [0.4, 0.5) is 22.0 Å². The number of hydrogen-bond acceptors (Lipinski definition) is 3. The first kappa shape index (κ1) is 21.5. The summed E-state index contributed by atoms with van der Waals surface area (Å²) in [6.07, 6.45) is -4.04. The molecular weight excluding hydrogens is 411 g/mol. The molecule has 1 aromatic heterocycles. The largest absolute Gasteiger partial charge is 0.483 e. The van der Waals surface area contributed by atoms with Gasteiger partial charge >= 0.3 is 12.1 Å². The van der Waals surface area contributed by atoms with Gasteiger partial charge in [-0.1, -0.05) is 6.07 Å². The van der Waals surface area contributed by atoms with Crippen molar-refractivity contribution in [1.82, 2.24) is 9.88 Å². The Bertz CT molecular complexity index is 1070. The molecule has 1 amide bonds. The molecule has 0 saturated carbocycles. The molecule has 0 fully saturated rings. The quantitative estimate of drug-likeness (QED) is 0.584. The highest BCUT2D eigenvalue weighted by molar-refractivity contribution is 5.78. The maximum absolute atomic E-state index is 14.0. The second kappa shape index (κ2) is 7.26. The number of carbonyl (C=O) groups excluding carboxylic acids is 1. The van der Waals surface area contributed by atoms with E-state index in [4.69, 9.17) is 4.74 Å². The van der Waals surface area contributed by atoms with Crippen molar-refractivity contribution in [2.75, 3.05) is 6.54 Å². The van der Waals surface area contributed by atoms with E-state index in [-0.39, 0.29) is 23.6 Å². The van der Waals surface area contributed by atoms with Crippen molar-refractivity contribution in [3.8, 4) is 5.75 Å². The lowest BCUT2D eigenvalue weighted by Crippen LogP contribution is -2.41. The number of nitrogens with one attached hydrogen (secondary N) is 1. The fraction of sp³-hybridized carbons (Fsp3) is 0.300. The van der Waals surface area contributed by atoms with Crippen LogP contribution in [0.1, 0.15) is 25.0 Å². The fourth-order valence-corrected chi connectivity index (χ4v) is 3.27. The monoisotopic (exact) mass is 428 g/mol. The highest BCUT2D eigenvalue weighted by Crippen LogP contribution is 2.47. The Balaban J connectivity index is 2.35. The average molecular weight is 428 g/mol. The number of amides is 1. The summed E-state index contributed by atoms with van der Waals surface area (Å²) < 4.78 is 73.6. The molecule has 0 saturated heterocycles. The molecule has 10 heteroatoms. The van der Waals surface area contributed by atoms with Crippen LogP contribution in [0.5, 0.6) is 5.75 Å². The highest BCUT2D eigenvalue weighted by atomic mass is 19.4. The second-order valence-electron chi connectivity index (χ2n) is 7.13. The summed E-state index contributed by atoms with van der Waals surface area (Å²) in [6, 6.07) is 6.51. The van der Waals surface area contributed by atoms with Gasteiger partial charge in [-0.25, -0.2) is 0 Å². The van der Waals surface area contributed by atoms with E-state index >= 15 is 0 Å². The Labute approximate surface area is 167 Å². The van der Waals surface area contributed by atoms with Crippen molar-refractivity contribution in [2.24, 2.45) is 0 Å². The Morgan fingerprint density at radius 2 is 1.83 bits per heavy atom. The highest BCUT2D eigenvalue weighted by Gasteiger charge is 2.59. The van der Waals surface area contributed by atoms with Crippen molar-refractivity contribution < 1.29 is 31.5 Å². The molecule has 2 heterocycles. The lowest BCUT2D eigenvalue weighted by molar-refractivity contribution is -0.289. The van der Waals surface area contributed by atoms with E-state index in [1.807, 2.05) is 0 Å². The summed E-state index contributed by atoms with van der Waals surface area (Å²) >= 11 is 0. The van der Waals surface area contributed by atoms with Crippen LogP contribution in [0.15, 0.2) is 53.0 Å². The Morgan fingerprint density at radius 1 is 1.13 bits per heavy atom. The van der Waals surface area contributed by atoms with Gasteiger partial charge in [0.05, 0.1) is 5.70 Å². The predicted molar refractivity (Wildman–Crippen MR) is 98.2 cm³/mol. The number of halogens is 5. The molecule has 1 aliphatic heterocycles. The zero-order valence-corrected chi connectivity index (χ0v) is 15.9. The SMILES string of the molecule is CC1(C)Oc2ccc(C(F)(F)C(F)(F)F)cc2C(n2ccccc2=O)=C1CNC=O. The number of hydrogen-bond donors (Lipinski definition) is 1. The summed E-state index contributed by atoms with van der Waals surface area (Å²) in [7, 11) is 0. The van der Waals surface area contributed by atoms with Crippen LogP contribution in [0.25, 0.3) is 5.70 Å². The molecule has 160 valence electrons. The Kier molecular flexibility index (Phi) is 5.21. The molecule has 0 aliphatic carbocycles. The predicted octanol–water partition coefficient (Wildman–Crippen LogP) is 3.68. The molecule has 2 aromatic rings. The van der Waals surface area contributed by atoms with Gasteiger partial charge in [-0.3, -0.25) is 14.2 Å². The molecule has 5 nitrogen and oxygen atoms in total.